The van der Waals surface area contributed by atoms with E-state index in [0.717, 1.165) is 12.4 Å². The fourth-order valence-corrected chi connectivity index (χ4v) is 1.54. The fourth-order valence-electron chi connectivity index (χ4n) is 0.941. The number of nitrogens with zero attached hydrogens (tertiary/aromatic N) is 1. The molecule has 1 atom stereocenters. The van der Waals surface area contributed by atoms with Gasteiger partial charge in [-0.1, -0.05) is 0 Å². The molecule has 0 spiro atoms. The zero-order valence-electron chi connectivity index (χ0n) is 4.75. The van der Waals surface area contributed by atoms with E-state index in [0.29, 0.717) is 5.25 Å². The van der Waals surface area contributed by atoms with Crippen LogP contribution in [0, 0.1) is 0 Å². The van der Waals surface area contributed by atoms with Crippen LogP contribution in [0.3, 0.4) is 0 Å². The molecule has 1 nitrogen and oxygen atoms in total. The standard InChI is InChI=1S/C5H11NS2/c7-4-6-2-1-5(8)3-6/h5,7-8H,1-4H2. The topological polar surface area (TPSA) is 3.24 Å². The largest absolute Gasteiger partial charge is 0.293 e. The molecule has 0 amide bonds. The average Bonchev–Trinajstić information content (AvgIpc) is 2.14. The third-order valence-corrected chi connectivity index (χ3v) is 2.27. The first-order chi connectivity index (χ1) is 3.83. The lowest BCUT2D eigenvalue weighted by molar-refractivity contribution is 0.403. The minimum Gasteiger partial charge on any atom is -0.293 e. The number of hydrogen-bond donors (Lipinski definition) is 2. The Hall–Kier alpha value is 0.660. The van der Waals surface area contributed by atoms with Crippen molar-refractivity contribution in [2.45, 2.75) is 11.7 Å². The Labute approximate surface area is 61.3 Å². The quantitative estimate of drug-likeness (QED) is 0.523. The molecule has 48 valence electrons. The lowest BCUT2D eigenvalue weighted by Gasteiger charge is -2.08. The van der Waals surface area contributed by atoms with E-state index in [2.05, 4.69) is 30.2 Å². The van der Waals surface area contributed by atoms with Gasteiger partial charge in [0.25, 0.3) is 0 Å². The fraction of sp³-hybridized carbons (Fsp3) is 1.00. The maximum absolute atomic E-state index is 4.33. The molecule has 0 saturated carbocycles. The summed E-state index contributed by atoms with van der Waals surface area (Å²) in [5.41, 5.74) is 0. The highest BCUT2D eigenvalue weighted by molar-refractivity contribution is 7.81. The van der Waals surface area contributed by atoms with Gasteiger partial charge in [0.2, 0.25) is 0 Å². The SMILES string of the molecule is SCN1CCC(S)C1. The Bertz CT molecular complexity index is 76.8. The van der Waals surface area contributed by atoms with Gasteiger partial charge in [0.1, 0.15) is 0 Å². The second kappa shape index (κ2) is 2.99. The Balaban J connectivity index is 2.22. The van der Waals surface area contributed by atoms with E-state index in [-0.39, 0.29) is 0 Å². The molecular formula is C5H11NS2. The van der Waals surface area contributed by atoms with Crippen molar-refractivity contribution in [2.75, 3.05) is 19.0 Å². The molecule has 1 rings (SSSR count). The first-order valence-corrected chi connectivity index (χ1v) is 3.99. The van der Waals surface area contributed by atoms with Crippen LogP contribution in [-0.2, 0) is 0 Å². The summed E-state index contributed by atoms with van der Waals surface area (Å²) in [5, 5.41) is 0.599. The lowest BCUT2D eigenvalue weighted by atomic mass is 10.4. The summed E-state index contributed by atoms with van der Waals surface area (Å²) in [5.74, 6) is 0.886. The van der Waals surface area contributed by atoms with Crippen molar-refractivity contribution in [1.29, 1.82) is 0 Å². The Kier molecular flexibility index (Phi) is 2.53. The zero-order valence-corrected chi connectivity index (χ0v) is 6.54. The maximum Gasteiger partial charge on any atom is 0.0414 e. The molecule has 0 radical (unpaired) electrons. The van der Waals surface area contributed by atoms with Crippen LogP contribution in [0.25, 0.3) is 0 Å². The number of rotatable bonds is 1. The van der Waals surface area contributed by atoms with Crippen LogP contribution in [0.1, 0.15) is 6.42 Å². The summed E-state index contributed by atoms with van der Waals surface area (Å²) in [4.78, 5) is 2.29. The molecule has 1 saturated heterocycles. The van der Waals surface area contributed by atoms with Crippen LogP contribution in [0.5, 0.6) is 0 Å². The maximum atomic E-state index is 4.33. The van der Waals surface area contributed by atoms with Crippen molar-refractivity contribution < 1.29 is 0 Å². The lowest BCUT2D eigenvalue weighted by Crippen LogP contribution is -2.18. The number of likely N-dealkylation sites (tertiary alicyclic amines) is 1. The molecule has 1 aliphatic heterocycles. The Morgan fingerprint density at radius 1 is 1.62 bits per heavy atom. The van der Waals surface area contributed by atoms with E-state index < -0.39 is 0 Å². The third-order valence-electron chi connectivity index (χ3n) is 1.45. The minimum atomic E-state index is 0.599. The number of hydrogen-bond acceptors (Lipinski definition) is 3. The van der Waals surface area contributed by atoms with Gasteiger partial charge in [-0.2, -0.15) is 25.3 Å². The average molecular weight is 149 g/mol. The predicted octanol–water partition coefficient (Wildman–Crippen LogP) is 0.878. The van der Waals surface area contributed by atoms with Crippen molar-refractivity contribution >= 4 is 25.3 Å². The van der Waals surface area contributed by atoms with Gasteiger partial charge in [-0.25, -0.2) is 0 Å². The first-order valence-electron chi connectivity index (χ1n) is 2.84. The van der Waals surface area contributed by atoms with Gasteiger partial charge in [0.05, 0.1) is 0 Å². The minimum absolute atomic E-state index is 0.599. The molecule has 0 N–H and O–H groups in total. The number of thiol groups is 2. The van der Waals surface area contributed by atoms with E-state index in [1.165, 1.54) is 13.0 Å². The van der Waals surface area contributed by atoms with E-state index in [4.69, 9.17) is 0 Å². The summed E-state index contributed by atoms with van der Waals surface area (Å²) >= 11 is 8.48. The summed E-state index contributed by atoms with van der Waals surface area (Å²) in [7, 11) is 0. The molecular weight excluding hydrogens is 138 g/mol. The molecule has 0 aromatic heterocycles. The third kappa shape index (κ3) is 1.57. The first kappa shape index (κ1) is 6.78. The van der Waals surface area contributed by atoms with E-state index in [9.17, 15) is 0 Å². The zero-order chi connectivity index (χ0) is 5.98. The molecule has 0 bridgehead atoms. The normalized spacial score (nSPS) is 31.5. The van der Waals surface area contributed by atoms with Gasteiger partial charge in [0.15, 0.2) is 0 Å². The van der Waals surface area contributed by atoms with Crippen molar-refractivity contribution in [3.63, 3.8) is 0 Å². The molecule has 1 unspecified atom stereocenters. The molecule has 3 heteroatoms. The summed E-state index contributed by atoms with van der Waals surface area (Å²) in [6.45, 7) is 2.30. The van der Waals surface area contributed by atoms with E-state index in [1.54, 1.807) is 0 Å². The molecule has 8 heavy (non-hydrogen) atoms. The molecule has 1 aliphatic rings. The van der Waals surface area contributed by atoms with Crippen LogP contribution >= 0.6 is 25.3 Å². The van der Waals surface area contributed by atoms with Gasteiger partial charge in [-0.15, -0.1) is 0 Å². The Morgan fingerprint density at radius 2 is 2.38 bits per heavy atom. The second-order valence-electron chi connectivity index (χ2n) is 2.16. The van der Waals surface area contributed by atoms with Gasteiger partial charge in [-0.05, 0) is 6.42 Å². The monoisotopic (exact) mass is 149 g/mol. The van der Waals surface area contributed by atoms with Crippen LogP contribution in [0.2, 0.25) is 0 Å². The van der Waals surface area contributed by atoms with Crippen LogP contribution in [0.4, 0.5) is 0 Å². The molecule has 0 aromatic rings. The summed E-state index contributed by atoms with van der Waals surface area (Å²) < 4.78 is 0. The summed E-state index contributed by atoms with van der Waals surface area (Å²) in [6, 6.07) is 0. The van der Waals surface area contributed by atoms with Gasteiger partial charge < -0.3 is 0 Å². The van der Waals surface area contributed by atoms with Crippen molar-refractivity contribution in [3.05, 3.63) is 0 Å². The highest BCUT2D eigenvalue weighted by atomic mass is 32.1. The van der Waals surface area contributed by atoms with E-state index in [1.807, 2.05) is 0 Å². The smallest absolute Gasteiger partial charge is 0.0414 e. The van der Waals surface area contributed by atoms with E-state index >= 15 is 0 Å². The van der Waals surface area contributed by atoms with Crippen molar-refractivity contribution in [3.8, 4) is 0 Å². The van der Waals surface area contributed by atoms with Gasteiger partial charge >= 0.3 is 0 Å². The molecule has 0 aliphatic carbocycles. The summed E-state index contributed by atoms with van der Waals surface area (Å²) in [6.07, 6.45) is 1.23. The van der Waals surface area contributed by atoms with Crippen molar-refractivity contribution in [2.24, 2.45) is 0 Å². The Morgan fingerprint density at radius 3 is 2.62 bits per heavy atom. The second-order valence-corrected chi connectivity index (χ2v) is 3.17. The van der Waals surface area contributed by atoms with Crippen LogP contribution < -0.4 is 0 Å². The van der Waals surface area contributed by atoms with Gasteiger partial charge in [0, 0.05) is 24.2 Å². The van der Waals surface area contributed by atoms with Crippen LogP contribution in [0.15, 0.2) is 0 Å². The molecule has 1 fully saturated rings. The van der Waals surface area contributed by atoms with Crippen LogP contribution in [-0.4, -0.2) is 29.1 Å². The molecule has 0 aromatic carbocycles. The van der Waals surface area contributed by atoms with Gasteiger partial charge in [-0.3, -0.25) is 4.90 Å². The van der Waals surface area contributed by atoms with Crippen molar-refractivity contribution in [1.82, 2.24) is 4.90 Å². The predicted molar refractivity (Wildman–Crippen MR) is 42.8 cm³/mol. The highest BCUT2D eigenvalue weighted by Gasteiger charge is 2.16. The molecule has 1 heterocycles. The highest BCUT2D eigenvalue weighted by Crippen LogP contribution is 2.13.